The number of rotatable bonds is 4. The van der Waals surface area contributed by atoms with Crippen LogP contribution in [0, 0.1) is 6.92 Å². The maximum absolute atomic E-state index is 12.5. The molecule has 0 saturated heterocycles. The Bertz CT molecular complexity index is 972. The molecule has 138 valence electrons. The predicted octanol–water partition coefficient (Wildman–Crippen LogP) is 3.90. The van der Waals surface area contributed by atoms with E-state index in [0.717, 1.165) is 40.1 Å². The van der Waals surface area contributed by atoms with E-state index in [4.69, 9.17) is 5.73 Å². The highest BCUT2D eigenvalue weighted by molar-refractivity contribution is 7.14. The van der Waals surface area contributed by atoms with Gasteiger partial charge in [0.2, 0.25) is 5.95 Å². The molecule has 1 aliphatic carbocycles. The van der Waals surface area contributed by atoms with Crippen molar-refractivity contribution < 1.29 is 4.79 Å². The zero-order valence-corrected chi connectivity index (χ0v) is 16.1. The van der Waals surface area contributed by atoms with Gasteiger partial charge < -0.3 is 11.1 Å². The second-order valence-corrected chi connectivity index (χ2v) is 8.03. The molecule has 27 heavy (non-hydrogen) atoms. The van der Waals surface area contributed by atoms with Crippen LogP contribution in [0.2, 0.25) is 0 Å². The smallest absolute Gasteiger partial charge is 0.261 e. The SMILES string of the molecule is Cc1cc(-c2ccnc(N)n2)ccc1CNC(=O)c1cc2c(s1)CCCC2. The van der Waals surface area contributed by atoms with E-state index in [0.29, 0.717) is 6.54 Å². The van der Waals surface area contributed by atoms with Crippen molar-refractivity contribution in [3.8, 4) is 11.3 Å². The monoisotopic (exact) mass is 378 g/mol. The largest absolute Gasteiger partial charge is 0.368 e. The number of nitrogen functional groups attached to an aromatic ring is 1. The fourth-order valence-corrected chi connectivity index (χ4v) is 4.62. The average molecular weight is 379 g/mol. The molecule has 0 bridgehead atoms. The summed E-state index contributed by atoms with van der Waals surface area (Å²) in [5.41, 5.74) is 11.0. The third-order valence-electron chi connectivity index (χ3n) is 4.97. The van der Waals surface area contributed by atoms with E-state index in [2.05, 4.69) is 27.4 Å². The van der Waals surface area contributed by atoms with Gasteiger partial charge in [0.15, 0.2) is 0 Å². The number of anilines is 1. The molecule has 5 nitrogen and oxygen atoms in total. The number of aryl methyl sites for hydroxylation is 3. The van der Waals surface area contributed by atoms with E-state index in [1.807, 2.05) is 25.1 Å². The first-order valence-electron chi connectivity index (χ1n) is 9.18. The predicted molar refractivity (Wildman–Crippen MR) is 109 cm³/mol. The van der Waals surface area contributed by atoms with Crippen LogP contribution in [-0.2, 0) is 19.4 Å². The highest BCUT2D eigenvalue weighted by Crippen LogP contribution is 2.29. The standard InChI is InChI=1S/C21H22N4OS/c1-13-10-14(17-8-9-23-21(22)25-17)6-7-16(13)12-24-20(26)19-11-15-4-2-3-5-18(15)27-19/h6-11H,2-5,12H2,1H3,(H,24,26)(H2,22,23,25). The molecule has 0 saturated carbocycles. The van der Waals surface area contributed by atoms with E-state index in [1.54, 1.807) is 17.5 Å². The highest BCUT2D eigenvalue weighted by atomic mass is 32.1. The summed E-state index contributed by atoms with van der Waals surface area (Å²) in [6.07, 6.45) is 6.34. The van der Waals surface area contributed by atoms with Gasteiger partial charge in [0.05, 0.1) is 10.6 Å². The number of thiophene rings is 1. The summed E-state index contributed by atoms with van der Waals surface area (Å²) in [6.45, 7) is 2.55. The summed E-state index contributed by atoms with van der Waals surface area (Å²) < 4.78 is 0. The molecule has 0 spiro atoms. The van der Waals surface area contributed by atoms with Crippen LogP contribution in [0.4, 0.5) is 5.95 Å². The van der Waals surface area contributed by atoms with Crippen LogP contribution in [0.3, 0.4) is 0 Å². The number of carbonyl (C=O) groups excluding carboxylic acids is 1. The van der Waals surface area contributed by atoms with Crippen molar-refractivity contribution in [2.75, 3.05) is 5.73 Å². The summed E-state index contributed by atoms with van der Waals surface area (Å²) in [4.78, 5) is 22.9. The van der Waals surface area contributed by atoms with Crippen LogP contribution in [0.25, 0.3) is 11.3 Å². The topological polar surface area (TPSA) is 80.9 Å². The molecule has 3 aromatic rings. The van der Waals surface area contributed by atoms with Crippen molar-refractivity contribution in [2.45, 2.75) is 39.2 Å². The molecule has 2 heterocycles. The lowest BCUT2D eigenvalue weighted by Gasteiger charge is -2.10. The van der Waals surface area contributed by atoms with Gasteiger partial charge >= 0.3 is 0 Å². The van der Waals surface area contributed by atoms with E-state index < -0.39 is 0 Å². The molecule has 2 aromatic heterocycles. The fraction of sp³-hybridized carbons (Fsp3) is 0.286. The summed E-state index contributed by atoms with van der Waals surface area (Å²) in [6, 6.07) is 10.0. The van der Waals surface area contributed by atoms with Crippen molar-refractivity contribution in [3.05, 3.63) is 63.0 Å². The number of fused-ring (bicyclic) bond motifs is 1. The van der Waals surface area contributed by atoms with Crippen LogP contribution in [-0.4, -0.2) is 15.9 Å². The first-order chi connectivity index (χ1) is 13.1. The number of aromatic nitrogens is 2. The molecule has 3 N–H and O–H groups in total. The summed E-state index contributed by atoms with van der Waals surface area (Å²) >= 11 is 1.65. The van der Waals surface area contributed by atoms with Gasteiger partial charge in [0.25, 0.3) is 5.91 Å². The summed E-state index contributed by atoms with van der Waals surface area (Å²) in [5, 5.41) is 3.06. The molecule has 0 radical (unpaired) electrons. The van der Waals surface area contributed by atoms with Gasteiger partial charge in [-0.1, -0.05) is 12.1 Å². The maximum Gasteiger partial charge on any atom is 0.261 e. The van der Waals surface area contributed by atoms with Gasteiger partial charge in [0.1, 0.15) is 0 Å². The van der Waals surface area contributed by atoms with Crippen LogP contribution in [0.1, 0.15) is 44.1 Å². The van der Waals surface area contributed by atoms with Crippen molar-refractivity contribution >= 4 is 23.2 Å². The number of amides is 1. The van der Waals surface area contributed by atoms with Gasteiger partial charge in [-0.3, -0.25) is 4.79 Å². The third-order valence-corrected chi connectivity index (χ3v) is 6.21. The van der Waals surface area contributed by atoms with Crippen molar-refractivity contribution in [1.82, 2.24) is 15.3 Å². The minimum Gasteiger partial charge on any atom is -0.368 e. The maximum atomic E-state index is 12.5. The zero-order valence-electron chi connectivity index (χ0n) is 15.3. The van der Waals surface area contributed by atoms with Crippen molar-refractivity contribution in [3.63, 3.8) is 0 Å². The second kappa shape index (κ2) is 7.48. The lowest BCUT2D eigenvalue weighted by atomic mass is 9.99. The molecule has 0 aliphatic heterocycles. The minimum absolute atomic E-state index is 0.0152. The highest BCUT2D eigenvalue weighted by Gasteiger charge is 2.17. The van der Waals surface area contributed by atoms with E-state index in [9.17, 15) is 4.79 Å². The van der Waals surface area contributed by atoms with Gasteiger partial charge in [-0.2, -0.15) is 0 Å². The Hall–Kier alpha value is -2.73. The molecule has 4 rings (SSSR count). The lowest BCUT2D eigenvalue weighted by molar-refractivity contribution is 0.0955. The third kappa shape index (κ3) is 3.85. The van der Waals surface area contributed by atoms with E-state index >= 15 is 0 Å². The Kier molecular flexibility index (Phi) is 4.90. The molecule has 6 heteroatoms. The minimum atomic E-state index is 0.0152. The number of benzene rings is 1. The molecular formula is C21H22N4OS. The van der Waals surface area contributed by atoms with Crippen LogP contribution >= 0.6 is 11.3 Å². The molecule has 1 aromatic carbocycles. The summed E-state index contributed by atoms with van der Waals surface area (Å²) in [7, 11) is 0. The van der Waals surface area contributed by atoms with E-state index in [1.165, 1.54) is 23.3 Å². The number of carbonyl (C=O) groups is 1. The average Bonchev–Trinajstić information content (AvgIpc) is 3.11. The summed E-state index contributed by atoms with van der Waals surface area (Å²) in [5.74, 6) is 0.279. The molecular weight excluding hydrogens is 356 g/mol. The first-order valence-corrected chi connectivity index (χ1v) is 10.00. The fourth-order valence-electron chi connectivity index (χ4n) is 3.45. The van der Waals surface area contributed by atoms with Crippen LogP contribution in [0.5, 0.6) is 0 Å². The number of hydrogen-bond acceptors (Lipinski definition) is 5. The first kappa shape index (κ1) is 17.7. The Labute approximate surface area is 162 Å². The van der Waals surface area contributed by atoms with Gasteiger partial charge in [0, 0.05) is 23.2 Å². The van der Waals surface area contributed by atoms with Crippen LogP contribution in [0.15, 0.2) is 36.5 Å². The van der Waals surface area contributed by atoms with Gasteiger partial charge in [-0.15, -0.1) is 11.3 Å². The number of hydrogen-bond donors (Lipinski definition) is 2. The van der Waals surface area contributed by atoms with Crippen molar-refractivity contribution in [1.29, 1.82) is 0 Å². The Morgan fingerprint density at radius 2 is 2.07 bits per heavy atom. The van der Waals surface area contributed by atoms with Gasteiger partial charge in [-0.05, 0) is 67.5 Å². The number of nitrogens with one attached hydrogen (secondary N) is 1. The molecule has 0 unspecified atom stereocenters. The van der Waals surface area contributed by atoms with Gasteiger partial charge in [-0.25, -0.2) is 9.97 Å². The van der Waals surface area contributed by atoms with E-state index in [-0.39, 0.29) is 11.9 Å². The lowest BCUT2D eigenvalue weighted by Crippen LogP contribution is -2.22. The second-order valence-electron chi connectivity index (χ2n) is 6.89. The normalized spacial score (nSPS) is 13.2. The quantitative estimate of drug-likeness (QED) is 0.721. The Morgan fingerprint density at radius 3 is 2.85 bits per heavy atom. The number of nitrogens with zero attached hydrogens (tertiary/aromatic N) is 2. The molecule has 0 fully saturated rings. The zero-order chi connectivity index (χ0) is 18.8. The Morgan fingerprint density at radius 1 is 1.22 bits per heavy atom. The van der Waals surface area contributed by atoms with Crippen molar-refractivity contribution in [2.24, 2.45) is 0 Å². The Balaban J connectivity index is 1.45. The number of nitrogens with two attached hydrogens (primary N) is 1. The molecule has 0 atom stereocenters. The van der Waals surface area contributed by atoms with Crippen LogP contribution < -0.4 is 11.1 Å². The molecule has 1 amide bonds. The molecule has 1 aliphatic rings.